The summed E-state index contributed by atoms with van der Waals surface area (Å²) >= 11 is 5.98. The fourth-order valence-corrected chi connectivity index (χ4v) is 3.36. The van der Waals surface area contributed by atoms with Gasteiger partial charge < -0.3 is 5.32 Å². The summed E-state index contributed by atoms with van der Waals surface area (Å²) < 4.78 is 2.45. The molecule has 0 radical (unpaired) electrons. The third-order valence-corrected chi connectivity index (χ3v) is 5.25. The number of anilines is 1. The molecule has 17 heavy (non-hydrogen) atoms. The first-order valence-electron chi connectivity index (χ1n) is 6.28. The summed E-state index contributed by atoms with van der Waals surface area (Å²) in [5, 5.41) is 3.69. The number of halogens is 2. The Balaban J connectivity index is 2.03. The first-order valence-corrected chi connectivity index (χ1v) is 8.15. The van der Waals surface area contributed by atoms with E-state index in [1.54, 1.807) is 0 Å². The lowest BCUT2D eigenvalue weighted by Gasteiger charge is -2.33. The van der Waals surface area contributed by atoms with Crippen LogP contribution in [0.15, 0.2) is 22.7 Å². The van der Waals surface area contributed by atoms with E-state index < -0.39 is 0 Å². The van der Waals surface area contributed by atoms with Gasteiger partial charge >= 0.3 is 0 Å². The molecule has 3 atom stereocenters. The third kappa shape index (κ3) is 3.60. The van der Waals surface area contributed by atoms with Crippen LogP contribution in [0, 0.1) is 15.4 Å². The molecule has 1 saturated carbocycles. The Bertz CT molecular complexity index is 394. The molecule has 1 N–H and O–H groups in total. The summed E-state index contributed by atoms with van der Waals surface area (Å²) in [5.41, 5.74) is 1.24. The van der Waals surface area contributed by atoms with Crippen molar-refractivity contribution in [1.29, 1.82) is 0 Å². The van der Waals surface area contributed by atoms with Crippen molar-refractivity contribution in [1.82, 2.24) is 0 Å². The van der Waals surface area contributed by atoms with Gasteiger partial charge in [-0.05, 0) is 87.8 Å². The average molecular weight is 408 g/mol. The molecular weight excluding hydrogens is 389 g/mol. The van der Waals surface area contributed by atoms with E-state index in [1.807, 2.05) is 0 Å². The maximum atomic E-state index is 3.69. The summed E-state index contributed by atoms with van der Waals surface area (Å²) in [6, 6.07) is 7.10. The standard InChI is InChI=1S/C14H19BrIN/c1-9-3-5-12(7-10(9)2)17-14-8-11(16)4-6-13(14)15/h4,6,8-10,12,17H,3,5,7H2,1-2H3. The van der Waals surface area contributed by atoms with Crippen molar-refractivity contribution in [3.05, 3.63) is 26.2 Å². The van der Waals surface area contributed by atoms with E-state index in [1.165, 1.54) is 33.0 Å². The largest absolute Gasteiger partial charge is 0.381 e. The van der Waals surface area contributed by atoms with Crippen molar-refractivity contribution in [2.24, 2.45) is 11.8 Å². The van der Waals surface area contributed by atoms with Crippen molar-refractivity contribution < 1.29 is 0 Å². The van der Waals surface area contributed by atoms with Crippen LogP contribution in [0.3, 0.4) is 0 Å². The highest BCUT2D eigenvalue weighted by Crippen LogP contribution is 2.33. The number of hydrogen-bond donors (Lipinski definition) is 1. The Kier molecular flexibility index (Phi) is 4.75. The highest BCUT2D eigenvalue weighted by Gasteiger charge is 2.24. The molecule has 0 bridgehead atoms. The van der Waals surface area contributed by atoms with Gasteiger partial charge in [-0.25, -0.2) is 0 Å². The van der Waals surface area contributed by atoms with Crippen molar-refractivity contribution >= 4 is 44.2 Å². The molecule has 94 valence electrons. The normalized spacial score (nSPS) is 29.1. The zero-order valence-corrected chi connectivity index (χ0v) is 14.1. The van der Waals surface area contributed by atoms with Gasteiger partial charge in [0.2, 0.25) is 0 Å². The predicted molar refractivity (Wildman–Crippen MR) is 86.4 cm³/mol. The second-order valence-electron chi connectivity index (χ2n) is 5.23. The SMILES string of the molecule is CC1CCC(Nc2cc(I)ccc2Br)CC1C. The fourth-order valence-electron chi connectivity index (χ4n) is 2.51. The summed E-state index contributed by atoms with van der Waals surface area (Å²) in [7, 11) is 0. The number of rotatable bonds is 2. The van der Waals surface area contributed by atoms with E-state index in [4.69, 9.17) is 0 Å². The molecule has 0 amide bonds. The van der Waals surface area contributed by atoms with Crippen LogP contribution in [0.4, 0.5) is 5.69 Å². The molecule has 0 spiro atoms. The van der Waals surface area contributed by atoms with Gasteiger partial charge in [0.15, 0.2) is 0 Å². The number of nitrogens with one attached hydrogen (secondary N) is 1. The van der Waals surface area contributed by atoms with Gasteiger partial charge in [0.05, 0.1) is 0 Å². The minimum absolute atomic E-state index is 0.635. The van der Waals surface area contributed by atoms with Crippen LogP contribution in [-0.2, 0) is 0 Å². The second kappa shape index (κ2) is 5.91. The molecule has 3 heteroatoms. The predicted octanol–water partition coefficient (Wildman–Crippen LogP) is 5.29. The molecule has 1 aliphatic rings. The monoisotopic (exact) mass is 407 g/mol. The lowest BCUT2D eigenvalue weighted by atomic mass is 9.79. The Labute approximate surface area is 126 Å². The topological polar surface area (TPSA) is 12.0 Å². The van der Waals surface area contributed by atoms with Gasteiger partial charge in [0.25, 0.3) is 0 Å². The van der Waals surface area contributed by atoms with E-state index in [9.17, 15) is 0 Å². The highest BCUT2D eigenvalue weighted by atomic mass is 127. The number of benzene rings is 1. The maximum absolute atomic E-state index is 3.69. The Morgan fingerprint density at radius 3 is 2.71 bits per heavy atom. The molecule has 0 aliphatic heterocycles. The van der Waals surface area contributed by atoms with Crippen LogP contribution in [0.25, 0.3) is 0 Å². The molecule has 3 unspecified atom stereocenters. The Morgan fingerprint density at radius 1 is 1.24 bits per heavy atom. The first-order chi connectivity index (χ1) is 8.06. The quantitative estimate of drug-likeness (QED) is 0.656. The van der Waals surface area contributed by atoms with Crippen LogP contribution < -0.4 is 5.32 Å². The van der Waals surface area contributed by atoms with Crippen molar-refractivity contribution in [3.63, 3.8) is 0 Å². The number of hydrogen-bond acceptors (Lipinski definition) is 1. The zero-order valence-electron chi connectivity index (χ0n) is 10.3. The second-order valence-corrected chi connectivity index (χ2v) is 7.33. The molecule has 1 aromatic carbocycles. The van der Waals surface area contributed by atoms with Crippen molar-refractivity contribution in [3.8, 4) is 0 Å². The maximum Gasteiger partial charge on any atom is 0.0497 e. The van der Waals surface area contributed by atoms with Crippen LogP contribution >= 0.6 is 38.5 Å². The van der Waals surface area contributed by atoms with Crippen LogP contribution in [0.1, 0.15) is 33.1 Å². The van der Waals surface area contributed by atoms with Crippen LogP contribution in [0.2, 0.25) is 0 Å². The van der Waals surface area contributed by atoms with Crippen LogP contribution in [-0.4, -0.2) is 6.04 Å². The van der Waals surface area contributed by atoms with Crippen molar-refractivity contribution in [2.45, 2.75) is 39.2 Å². The molecule has 1 fully saturated rings. The minimum atomic E-state index is 0.635. The summed E-state index contributed by atoms with van der Waals surface area (Å²) in [4.78, 5) is 0. The molecule has 0 saturated heterocycles. The summed E-state index contributed by atoms with van der Waals surface area (Å²) in [6.07, 6.45) is 3.93. The van der Waals surface area contributed by atoms with Gasteiger partial charge in [-0.1, -0.05) is 13.8 Å². The lowest BCUT2D eigenvalue weighted by Crippen LogP contribution is -2.30. The zero-order chi connectivity index (χ0) is 12.4. The molecule has 0 heterocycles. The summed E-state index contributed by atoms with van der Waals surface area (Å²) in [5.74, 6) is 1.72. The van der Waals surface area contributed by atoms with E-state index in [0.29, 0.717) is 6.04 Å². The molecule has 1 aromatic rings. The lowest BCUT2D eigenvalue weighted by molar-refractivity contribution is 0.261. The van der Waals surface area contributed by atoms with E-state index in [2.05, 4.69) is 75.9 Å². The van der Waals surface area contributed by atoms with E-state index in [-0.39, 0.29) is 0 Å². The Morgan fingerprint density at radius 2 is 2.00 bits per heavy atom. The first kappa shape index (κ1) is 13.7. The third-order valence-electron chi connectivity index (χ3n) is 3.89. The van der Waals surface area contributed by atoms with Crippen molar-refractivity contribution in [2.75, 3.05) is 5.32 Å². The smallest absolute Gasteiger partial charge is 0.0497 e. The van der Waals surface area contributed by atoms with E-state index >= 15 is 0 Å². The summed E-state index contributed by atoms with van der Waals surface area (Å²) in [6.45, 7) is 4.75. The van der Waals surface area contributed by atoms with Gasteiger partial charge in [0, 0.05) is 19.8 Å². The highest BCUT2D eigenvalue weighted by molar-refractivity contribution is 14.1. The van der Waals surface area contributed by atoms with E-state index in [0.717, 1.165) is 11.8 Å². The van der Waals surface area contributed by atoms with Gasteiger partial charge in [-0.2, -0.15) is 0 Å². The van der Waals surface area contributed by atoms with Gasteiger partial charge in [-0.3, -0.25) is 0 Å². The molecule has 2 rings (SSSR count). The molecule has 1 nitrogen and oxygen atoms in total. The molecular formula is C14H19BrIN. The Hall–Kier alpha value is 0.230. The molecule has 1 aliphatic carbocycles. The minimum Gasteiger partial charge on any atom is -0.381 e. The van der Waals surface area contributed by atoms with Gasteiger partial charge in [-0.15, -0.1) is 0 Å². The average Bonchev–Trinajstić information content (AvgIpc) is 2.29. The van der Waals surface area contributed by atoms with Crippen LogP contribution in [0.5, 0.6) is 0 Å². The van der Waals surface area contributed by atoms with Gasteiger partial charge in [0.1, 0.15) is 0 Å². The molecule has 0 aromatic heterocycles. The fraction of sp³-hybridized carbons (Fsp3) is 0.571.